The Labute approximate surface area is 125 Å². The summed E-state index contributed by atoms with van der Waals surface area (Å²) < 4.78 is 0. The summed E-state index contributed by atoms with van der Waals surface area (Å²) in [6.45, 7) is 3.01. The quantitative estimate of drug-likeness (QED) is 0.925. The smallest absolute Gasteiger partial charge is 0.223 e. The van der Waals surface area contributed by atoms with Crippen LogP contribution in [-0.2, 0) is 11.3 Å². The summed E-state index contributed by atoms with van der Waals surface area (Å²) in [7, 11) is 0. The Morgan fingerprint density at radius 2 is 2.00 bits per heavy atom. The minimum Gasteiger partial charge on any atom is -0.352 e. The first kappa shape index (κ1) is 13.9. The largest absolute Gasteiger partial charge is 0.352 e. The molecule has 2 fully saturated rings. The van der Waals surface area contributed by atoms with Gasteiger partial charge in [-0.2, -0.15) is 0 Å². The minimum atomic E-state index is 0.267. The van der Waals surface area contributed by atoms with Crippen molar-refractivity contribution in [2.75, 3.05) is 13.1 Å². The van der Waals surface area contributed by atoms with Gasteiger partial charge in [0.1, 0.15) is 0 Å². The van der Waals surface area contributed by atoms with E-state index in [1.54, 1.807) is 0 Å². The van der Waals surface area contributed by atoms with Crippen LogP contribution >= 0.6 is 11.6 Å². The highest BCUT2D eigenvalue weighted by Crippen LogP contribution is 2.29. The van der Waals surface area contributed by atoms with Gasteiger partial charge in [-0.1, -0.05) is 23.7 Å². The van der Waals surface area contributed by atoms with Crippen molar-refractivity contribution in [3.63, 3.8) is 0 Å². The van der Waals surface area contributed by atoms with E-state index < -0.39 is 0 Å². The molecular formula is C16H21ClN2O. The monoisotopic (exact) mass is 292 g/mol. The van der Waals surface area contributed by atoms with E-state index in [-0.39, 0.29) is 5.91 Å². The van der Waals surface area contributed by atoms with Crippen LogP contribution in [0.3, 0.4) is 0 Å². The summed E-state index contributed by atoms with van der Waals surface area (Å²) in [4.78, 5) is 14.3. The van der Waals surface area contributed by atoms with Crippen molar-refractivity contribution in [3.05, 3.63) is 34.9 Å². The summed E-state index contributed by atoms with van der Waals surface area (Å²) in [6.07, 6.45) is 4.42. The minimum absolute atomic E-state index is 0.267. The third-order valence-electron chi connectivity index (χ3n) is 4.12. The molecule has 0 radical (unpaired) electrons. The maximum absolute atomic E-state index is 11.8. The van der Waals surface area contributed by atoms with Crippen LogP contribution in [-0.4, -0.2) is 29.9 Å². The fourth-order valence-electron chi connectivity index (χ4n) is 2.83. The summed E-state index contributed by atoms with van der Waals surface area (Å²) in [5.74, 6) is 0.574. The molecule has 1 atom stereocenters. The lowest BCUT2D eigenvalue weighted by Gasteiger charge is -2.33. The van der Waals surface area contributed by atoms with Crippen molar-refractivity contribution in [1.29, 1.82) is 0 Å². The number of nitrogens with one attached hydrogen (secondary N) is 1. The van der Waals surface area contributed by atoms with E-state index in [0.29, 0.717) is 12.0 Å². The lowest BCUT2D eigenvalue weighted by molar-refractivity contribution is -0.123. The summed E-state index contributed by atoms with van der Waals surface area (Å²) in [6, 6.07) is 8.35. The maximum Gasteiger partial charge on any atom is 0.223 e. The molecule has 1 saturated heterocycles. The van der Waals surface area contributed by atoms with Gasteiger partial charge in [0.15, 0.2) is 0 Å². The average molecular weight is 293 g/mol. The third-order valence-corrected chi connectivity index (χ3v) is 4.37. The van der Waals surface area contributed by atoms with Gasteiger partial charge in [0, 0.05) is 30.1 Å². The van der Waals surface area contributed by atoms with Crippen LogP contribution < -0.4 is 5.32 Å². The van der Waals surface area contributed by atoms with Crippen LogP contribution in [0.15, 0.2) is 24.3 Å². The van der Waals surface area contributed by atoms with E-state index in [1.165, 1.54) is 5.56 Å². The van der Waals surface area contributed by atoms with Crippen LogP contribution in [0.5, 0.6) is 0 Å². The van der Waals surface area contributed by atoms with Crippen molar-refractivity contribution in [2.24, 2.45) is 5.92 Å². The summed E-state index contributed by atoms with van der Waals surface area (Å²) in [5, 5.41) is 3.98. The molecule has 3 rings (SSSR count). The molecule has 3 nitrogen and oxygen atoms in total. The molecule has 2 aliphatic rings. The zero-order valence-electron chi connectivity index (χ0n) is 11.6. The van der Waals surface area contributed by atoms with Gasteiger partial charge >= 0.3 is 0 Å². The second-order valence-electron chi connectivity index (χ2n) is 5.98. The zero-order valence-corrected chi connectivity index (χ0v) is 12.4. The molecule has 4 heteroatoms. The molecule has 1 saturated carbocycles. The predicted octanol–water partition coefficient (Wildman–Crippen LogP) is 2.83. The maximum atomic E-state index is 11.8. The van der Waals surface area contributed by atoms with Crippen molar-refractivity contribution in [1.82, 2.24) is 10.2 Å². The third kappa shape index (κ3) is 3.74. The van der Waals surface area contributed by atoms with Gasteiger partial charge in [0.2, 0.25) is 5.91 Å². The summed E-state index contributed by atoms with van der Waals surface area (Å²) in [5.41, 5.74) is 1.28. The number of halogens is 1. The standard InChI is InChI=1S/C16H21ClN2O/c17-14-7-3-12(4-8-14)10-19-9-1-2-15(11-19)18-16(20)13-5-6-13/h3-4,7-8,13,15H,1-2,5-6,9-11H2,(H,18,20). The first-order valence-electron chi connectivity index (χ1n) is 7.48. The Morgan fingerprint density at radius 1 is 1.25 bits per heavy atom. The molecule has 0 spiro atoms. The molecule has 1 N–H and O–H groups in total. The van der Waals surface area contributed by atoms with E-state index in [9.17, 15) is 4.79 Å². The predicted molar refractivity (Wildman–Crippen MR) is 80.6 cm³/mol. The molecule has 1 aliphatic heterocycles. The van der Waals surface area contributed by atoms with Gasteiger partial charge in [-0.05, 0) is 49.9 Å². The first-order valence-corrected chi connectivity index (χ1v) is 7.86. The number of benzene rings is 1. The zero-order chi connectivity index (χ0) is 13.9. The number of hydrogen-bond acceptors (Lipinski definition) is 2. The fourth-order valence-corrected chi connectivity index (χ4v) is 2.96. The van der Waals surface area contributed by atoms with Crippen molar-refractivity contribution >= 4 is 17.5 Å². The highest BCUT2D eigenvalue weighted by molar-refractivity contribution is 6.30. The van der Waals surface area contributed by atoms with Gasteiger partial charge in [-0.25, -0.2) is 0 Å². The SMILES string of the molecule is O=C(NC1CCCN(Cc2ccc(Cl)cc2)C1)C1CC1. The molecule has 1 aliphatic carbocycles. The van der Waals surface area contributed by atoms with Crippen molar-refractivity contribution in [3.8, 4) is 0 Å². The number of rotatable bonds is 4. The molecule has 1 aromatic carbocycles. The molecule has 1 unspecified atom stereocenters. The number of likely N-dealkylation sites (tertiary alicyclic amines) is 1. The molecule has 1 amide bonds. The molecule has 20 heavy (non-hydrogen) atoms. The van der Waals surface area contributed by atoms with Crippen LogP contribution in [0.4, 0.5) is 0 Å². The van der Waals surface area contributed by atoms with E-state index in [0.717, 1.165) is 50.3 Å². The average Bonchev–Trinajstić information content (AvgIpc) is 3.26. The number of nitrogens with zero attached hydrogens (tertiary/aromatic N) is 1. The van der Waals surface area contributed by atoms with E-state index in [2.05, 4.69) is 22.3 Å². The topological polar surface area (TPSA) is 32.3 Å². The Balaban J connectivity index is 1.52. The van der Waals surface area contributed by atoms with Crippen LogP contribution in [0, 0.1) is 5.92 Å². The van der Waals surface area contributed by atoms with E-state index in [1.807, 2.05) is 12.1 Å². The van der Waals surface area contributed by atoms with Crippen LogP contribution in [0.2, 0.25) is 5.02 Å². The van der Waals surface area contributed by atoms with Crippen LogP contribution in [0.25, 0.3) is 0 Å². The van der Waals surface area contributed by atoms with E-state index in [4.69, 9.17) is 11.6 Å². The molecule has 0 aromatic heterocycles. The fraction of sp³-hybridized carbons (Fsp3) is 0.562. The number of carbonyl (C=O) groups is 1. The Morgan fingerprint density at radius 3 is 2.70 bits per heavy atom. The molecule has 108 valence electrons. The molecule has 0 bridgehead atoms. The van der Waals surface area contributed by atoms with Crippen molar-refractivity contribution in [2.45, 2.75) is 38.3 Å². The summed E-state index contributed by atoms with van der Waals surface area (Å²) >= 11 is 5.91. The number of amides is 1. The normalized spacial score (nSPS) is 23.6. The van der Waals surface area contributed by atoms with Gasteiger partial charge in [-0.3, -0.25) is 9.69 Å². The highest BCUT2D eigenvalue weighted by atomic mass is 35.5. The molecule has 1 heterocycles. The number of hydrogen-bond donors (Lipinski definition) is 1. The number of carbonyl (C=O) groups excluding carboxylic acids is 1. The second-order valence-corrected chi connectivity index (χ2v) is 6.42. The molecule has 1 aromatic rings. The van der Waals surface area contributed by atoms with Gasteiger partial charge in [0.05, 0.1) is 0 Å². The van der Waals surface area contributed by atoms with Crippen molar-refractivity contribution < 1.29 is 4.79 Å². The Hall–Kier alpha value is -1.06. The lowest BCUT2D eigenvalue weighted by atomic mass is 10.0. The van der Waals surface area contributed by atoms with Gasteiger partial charge in [-0.15, -0.1) is 0 Å². The van der Waals surface area contributed by atoms with Gasteiger partial charge < -0.3 is 5.32 Å². The Kier molecular flexibility index (Phi) is 4.27. The first-order chi connectivity index (χ1) is 9.70. The van der Waals surface area contributed by atoms with Crippen LogP contribution in [0.1, 0.15) is 31.2 Å². The second kappa shape index (κ2) is 6.15. The highest BCUT2D eigenvalue weighted by Gasteiger charge is 2.31. The van der Waals surface area contributed by atoms with Gasteiger partial charge in [0.25, 0.3) is 0 Å². The lowest BCUT2D eigenvalue weighted by Crippen LogP contribution is -2.47. The Bertz CT molecular complexity index is 470. The molecular weight excluding hydrogens is 272 g/mol. The number of piperidine rings is 1. The van der Waals surface area contributed by atoms with E-state index >= 15 is 0 Å².